The number of nitrogens with zero attached hydrogens (tertiary/aromatic N) is 1. The summed E-state index contributed by atoms with van der Waals surface area (Å²) in [6.07, 6.45) is 1.58. The van der Waals surface area contributed by atoms with Crippen molar-refractivity contribution in [2.75, 3.05) is 18.5 Å². The second-order valence-corrected chi connectivity index (χ2v) is 10.6. The molecule has 4 rings (SSSR count). The van der Waals surface area contributed by atoms with Gasteiger partial charge < -0.3 is 14.8 Å². The summed E-state index contributed by atoms with van der Waals surface area (Å²) < 4.78 is 12.4. The highest BCUT2D eigenvalue weighted by Crippen LogP contribution is 2.40. The molecule has 0 radical (unpaired) electrons. The van der Waals surface area contributed by atoms with E-state index in [0.717, 1.165) is 22.2 Å². The second kappa shape index (κ2) is 12.7. The highest BCUT2D eigenvalue weighted by molar-refractivity contribution is 9.10. The van der Waals surface area contributed by atoms with Crippen LogP contribution in [-0.4, -0.2) is 35.1 Å². The van der Waals surface area contributed by atoms with Crippen LogP contribution in [0.1, 0.15) is 18.1 Å². The van der Waals surface area contributed by atoms with E-state index in [2.05, 4.69) is 21.2 Å². The zero-order valence-corrected chi connectivity index (χ0v) is 23.9. The van der Waals surface area contributed by atoms with Gasteiger partial charge in [0.15, 0.2) is 11.5 Å². The summed E-state index contributed by atoms with van der Waals surface area (Å²) in [6.45, 7) is 2.06. The first-order chi connectivity index (χ1) is 18.2. The van der Waals surface area contributed by atoms with Crippen LogP contribution in [-0.2, 0) is 16.2 Å². The fourth-order valence-corrected chi connectivity index (χ4v) is 5.25. The predicted molar refractivity (Wildman–Crippen MR) is 154 cm³/mol. The fraction of sp³-hybridized carbons (Fsp3) is 0.148. The Hall–Kier alpha value is -2.98. The molecule has 7 nitrogen and oxygen atoms in total. The molecule has 1 aliphatic rings. The van der Waals surface area contributed by atoms with E-state index in [4.69, 9.17) is 32.7 Å². The Morgan fingerprint density at radius 2 is 1.82 bits per heavy atom. The summed E-state index contributed by atoms with van der Waals surface area (Å²) in [6, 6.07) is 17.5. The fourth-order valence-electron chi connectivity index (χ4n) is 3.51. The average Bonchev–Trinajstić information content (AvgIpc) is 3.13. The zero-order valence-electron chi connectivity index (χ0n) is 20.0. The minimum absolute atomic E-state index is 0.196. The van der Waals surface area contributed by atoms with E-state index < -0.39 is 17.1 Å². The summed E-state index contributed by atoms with van der Waals surface area (Å²) in [5.41, 5.74) is 2.01. The monoisotopic (exact) mass is 634 g/mol. The second-order valence-electron chi connectivity index (χ2n) is 7.98. The number of carbonyl (C=O) groups excluding carboxylic acids is 3. The smallest absolute Gasteiger partial charge is 0.294 e. The number of anilines is 1. The molecule has 1 N–H and O–H groups in total. The van der Waals surface area contributed by atoms with Gasteiger partial charge in [0.1, 0.15) is 13.2 Å². The van der Waals surface area contributed by atoms with Crippen LogP contribution >= 0.6 is 50.9 Å². The van der Waals surface area contributed by atoms with Crippen LogP contribution in [0, 0.1) is 0 Å². The highest BCUT2D eigenvalue weighted by atomic mass is 79.9. The number of rotatable bonds is 9. The third kappa shape index (κ3) is 6.91. The van der Waals surface area contributed by atoms with Crippen molar-refractivity contribution in [2.45, 2.75) is 13.5 Å². The normalized spacial score (nSPS) is 14.2. The van der Waals surface area contributed by atoms with E-state index in [9.17, 15) is 14.4 Å². The van der Waals surface area contributed by atoms with Gasteiger partial charge in [-0.15, -0.1) is 0 Å². The maximum absolute atomic E-state index is 12.9. The van der Waals surface area contributed by atoms with Gasteiger partial charge in [0.05, 0.1) is 26.0 Å². The summed E-state index contributed by atoms with van der Waals surface area (Å²) in [4.78, 5) is 38.9. The molecule has 0 unspecified atom stereocenters. The quantitative estimate of drug-likeness (QED) is 0.247. The van der Waals surface area contributed by atoms with Gasteiger partial charge in [-0.3, -0.25) is 19.3 Å². The Morgan fingerprint density at radius 1 is 1.05 bits per heavy atom. The van der Waals surface area contributed by atoms with E-state index in [1.165, 1.54) is 0 Å². The third-order valence-corrected chi connectivity index (χ3v) is 7.46. The van der Waals surface area contributed by atoms with Crippen molar-refractivity contribution in [3.63, 3.8) is 0 Å². The molecule has 3 aromatic carbocycles. The molecule has 3 aromatic rings. The van der Waals surface area contributed by atoms with Crippen molar-refractivity contribution in [1.82, 2.24) is 4.90 Å². The Morgan fingerprint density at radius 3 is 2.53 bits per heavy atom. The van der Waals surface area contributed by atoms with Gasteiger partial charge in [-0.25, -0.2) is 0 Å². The lowest BCUT2D eigenvalue weighted by atomic mass is 10.1. The Balaban J connectivity index is 1.49. The highest BCUT2D eigenvalue weighted by Gasteiger charge is 2.36. The first-order valence-electron chi connectivity index (χ1n) is 11.4. The van der Waals surface area contributed by atoms with Crippen molar-refractivity contribution in [1.29, 1.82) is 0 Å². The molecule has 3 amide bonds. The maximum Gasteiger partial charge on any atom is 0.294 e. The Labute approximate surface area is 242 Å². The van der Waals surface area contributed by atoms with Gasteiger partial charge in [0, 0.05) is 5.69 Å². The van der Waals surface area contributed by atoms with E-state index in [0.29, 0.717) is 43.9 Å². The van der Waals surface area contributed by atoms with Crippen LogP contribution in [0.2, 0.25) is 10.0 Å². The molecule has 0 spiro atoms. The van der Waals surface area contributed by atoms with Crippen molar-refractivity contribution in [2.24, 2.45) is 0 Å². The van der Waals surface area contributed by atoms with Crippen molar-refractivity contribution in [3.8, 4) is 11.5 Å². The van der Waals surface area contributed by atoms with Crippen molar-refractivity contribution in [3.05, 3.63) is 91.2 Å². The molecule has 0 saturated carbocycles. The lowest BCUT2D eigenvalue weighted by molar-refractivity contribution is -0.127. The number of thioether (sulfide) groups is 1. The van der Waals surface area contributed by atoms with Gasteiger partial charge in [-0.2, -0.15) is 0 Å². The molecule has 1 aliphatic heterocycles. The number of carbonyl (C=O) groups is 3. The number of hydrogen-bond acceptors (Lipinski definition) is 6. The molecule has 11 heteroatoms. The number of halogens is 3. The lowest BCUT2D eigenvalue weighted by Gasteiger charge is -2.15. The molecular formula is C27H21BrCl2N2O5S. The molecule has 0 aromatic heterocycles. The van der Waals surface area contributed by atoms with Gasteiger partial charge in [-0.1, -0.05) is 47.5 Å². The zero-order chi connectivity index (χ0) is 27.2. The van der Waals surface area contributed by atoms with Crippen LogP contribution in [0.5, 0.6) is 11.5 Å². The van der Waals surface area contributed by atoms with Gasteiger partial charge in [0.25, 0.3) is 11.1 Å². The molecule has 1 fully saturated rings. The minimum atomic E-state index is -0.544. The largest absolute Gasteiger partial charge is 0.490 e. The van der Waals surface area contributed by atoms with E-state index in [1.54, 1.807) is 54.6 Å². The molecule has 0 aliphatic carbocycles. The molecule has 1 saturated heterocycles. The SMILES string of the molecule is CCOc1cc(/C=C2\SC(=O)N(CC(=O)Nc3ccccc3)C2=O)cc(Br)c1OCc1ccc(Cl)c(Cl)c1. The van der Waals surface area contributed by atoms with E-state index >= 15 is 0 Å². The number of para-hydroxylation sites is 1. The van der Waals surface area contributed by atoms with E-state index in [1.807, 2.05) is 19.1 Å². The standard InChI is InChI=1S/C27H21BrCl2N2O5S/c1-2-36-22-12-17(10-19(28)25(22)37-15-16-8-9-20(29)21(30)11-16)13-23-26(34)32(27(35)38-23)14-24(33)31-18-6-4-3-5-7-18/h3-13H,2,14-15H2,1H3,(H,31,33)/b23-13-. The average molecular weight is 636 g/mol. The van der Waals surface area contributed by atoms with Crippen LogP contribution in [0.3, 0.4) is 0 Å². The predicted octanol–water partition coefficient (Wildman–Crippen LogP) is 7.41. The van der Waals surface area contributed by atoms with Crippen LogP contribution in [0.4, 0.5) is 10.5 Å². The number of nitrogens with one attached hydrogen (secondary N) is 1. The van der Waals surface area contributed by atoms with Gasteiger partial charge >= 0.3 is 0 Å². The third-order valence-electron chi connectivity index (χ3n) is 5.23. The van der Waals surface area contributed by atoms with Crippen molar-refractivity contribution < 1.29 is 23.9 Å². The van der Waals surface area contributed by atoms with Crippen LogP contribution in [0.15, 0.2) is 70.0 Å². The van der Waals surface area contributed by atoms with E-state index in [-0.39, 0.29) is 18.1 Å². The molecule has 0 atom stereocenters. The Kier molecular flexibility index (Phi) is 9.38. The van der Waals surface area contributed by atoms with Gasteiger partial charge in [-0.05, 0) is 88.2 Å². The first kappa shape index (κ1) is 28.0. The number of benzene rings is 3. The molecule has 196 valence electrons. The van der Waals surface area contributed by atoms with Gasteiger partial charge in [0.2, 0.25) is 5.91 Å². The lowest BCUT2D eigenvalue weighted by Crippen LogP contribution is -2.36. The molecule has 38 heavy (non-hydrogen) atoms. The summed E-state index contributed by atoms with van der Waals surface area (Å²) in [5, 5.41) is 3.04. The Bertz CT molecular complexity index is 1420. The number of ether oxygens (including phenoxy) is 2. The summed E-state index contributed by atoms with van der Waals surface area (Å²) >= 11 is 16.4. The first-order valence-corrected chi connectivity index (χ1v) is 13.7. The minimum Gasteiger partial charge on any atom is -0.490 e. The number of imide groups is 1. The van der Waals surface area contributed by atoms with Crippen LogP contribution in [0.25, 0.3) is 6.08 Å². The molecular weight excluding hydrogens is 615 g/mol. The number of hydrogen-bond donors (Lipinski definition) is 1. The topological polar surface area (TPSA) is 84.9 Å². The molecule has 1 heterocycles. The van der Waals surface area contributed by atoms with Crippen molar-refractivity contribution >= 4 is 79.7 Å². The molecule has 0 bridgehead atoms. The van der Waals surface area contributed by atoms with Crippen LogP contribution < -0.4 is 14.8 Å². The maximum atomic E-state index is 12.9. The number of amides is 3. The summed E-state index contributed by atoms with van der Waals surface area (Å²) in [5.74, 6) is -0.0859. The summed E-state index contributed by atoms with van der Waals surface area (Å²) in [7, 11) is 0.